The predicted molar refractivity (Wildman–Crippen MR) is 84.2 cm³/mol. The number of nitrogens with one attached hydrogen (secondary N) is 1. The van der Waals surface area contributed by atoms with E-state index in [4.69, 9.17) is 18.9 Å². The van der Waals surface area contributed by atoms with E-state index < -0.39 is 42.2 Å². The van der Waals surface area contributed by atoms with Crippen molar-refractivity contribution in [2.75, 3.05) is 19.8 Å². The number of nitrogens with zero attached hydrogens (tertiary/aromatic N) is 1. The van der Waals surface area contributed by atoms with Crippen molar-refractivity contribution in [3.05, 3.63) is 12.0 Å². The van der Waals surface area contributed by atoms with Crippen LogP contribution in [0.5, 0.6) is 0 Å². The van der Waals surface area contributed by atoms with E-state index in [1.807, 2.05) is 0 Å². The van der Waals surface area contributed by atoms with Crippen LogP contribution in [0.1, 0.15) is 26.7 Å². The third-order valence-electron chi connectivity index (χ3n) is 4.52. The Morgan fingerprint density at radius 1 is 1.50 bits per heavy atom. The highest BCUT2D eigenvalue weighted by Crippen LogP contribution is 2.42. The van der Waals surface area contributed by atoms with Gasteiger partial charge in [0.05, 0.1) is 26.2 Å². The molecule has 3 aliphatic heterocycles. The first kappa shape index (κ1) is 19.0. The smallest absolute Gasteiger partial charge is 0.324 e. The highest BCUT2D eigenvalue weighted by Gasteiger charge is 2.58. The van der Waals surface area contributed by atoms with Gasteiger partial charge in [-0.2, -0.15) is 0 Å². The van der Waals surface area contributed by atoms with E-state index in [0.29, 0.717) is 0 Å². The standard InChI is InChI=1S/C16H23FN2O7/c1-3-23-11(21)4-5-16(2)25-12-10(8-20)24-14(13(12)26-16)19-7-9(17)6-18-15(19)22/h7,10,12-14,20H,3-6,8H2,1-2H3,(H,18,22)/t10-,12?,13?,14-,16?/m1/s1. The van der Waals surface area contributed by atoms with Crippen LogP contribution in [0.3, 0.4) is 0 Å². The first-order valence-corrected chi connectivity index (χ1v) is 8.57. The first-order chi connectivity index (χ1) is 12.4. The van der Waals surface area contributed by atoms with E-state index in [0.717, 1.165) is 11.1 Å². The van der Waals surface area contributed by atoms with E-state index in [9.17, 15) is 19.1 Å². The van der Waals surface area contributed by atoms with Crippen molar-refractivity contribution in [2.45, 2.75) is 57.0 Å². The molecule has 0 radical (unpaired) electrons. The Hall–Kier alpha value is -1.75. The van der Waals surface area contributed by atoms with Crippen molar-refractivity contribution in [2.24, 2.45) is 0 Å². The molecule has 26 heavy (non-hydrogen) atoms. The summed E-state index contributed by atoms with van der Waals surface area (Å²) in [6.07, 6.45) is -1.68. The molecule has 0 bridgehead atoms. The molecule has 10 heteroatoms. The summed E-state index contributed by atoms with van der Waals surface area (Å²) in [5.74, 6) is -2.00. The van der Waals surface area contributed by atoms with Crippen LogP contribution in [0.15, 0.2) is 12.0 Å². The van der Waals surface area contributed by atoms with Crippen LogP contribution >= 0.6 is 0 Å². The maximum atomic E-state index is 13.6. The fraction of sp³-hybridized carbons (Fsp3) is 0.750. The van der Waals surface area contributed by atoms with Gasteiger partial charge in [0.1, 0.15) is 24.1 Å². The number of fused-ring (bicyclic) bond motifs is 1. The number of rotatable bonds is 6. The molecule has 3 unspecified atom stereocenters. The lowest BCUT2D eigenvalue weighted by Crippen LogP contribution is -2.51. The second-order valence-electron chi connectivity index (χ2n) is 6.49. The number of hydrogen-bond acceptors (Lipinski definition) is 7. The Kier molecular flexibility index (Phi) is 5.47. The molecule has 3 heterocycles. The molecule has 9 nitrogen and oxygen atoms in total. The van der Waals surface area contributed by atoms with Crippen molar-refractivity contribution >= 4 is 12.0 Å². The Labute approximate surface area is 150 Å². The van der Waals surface area contributed by atoms with Gasteiger partial charge >= 0.3 is 12.0 Å². The fourth-order valence-electron chi connectivity index (χ4n) is 3.33. The lowest BCUT2D eigenvalue weighted by Gasteiger charge is -2.32. The molecule has 2 saturated heterocycles. The third-order valence-corrected chi connectivity index (χ3v) is 4.52. The maximum Gasteiger partial charge on any atom is 0.324 e. The molecular weight excluding hydrogens is 351 g/mol. The first-order valence-electron chi connectivity index (χ1n) is 8.57. The number of aliphatic hydroxyl groups excluding tert-OH is 1. The van der Waals surface area contributed by atoms with Crippen LogP contribution in [-0.2, 0) is 23.7 Å². The van der Waals surface area contributed by atoms with Gasteiger partial charge in [-0.05, 0) is 13.8 Å². The van der Waals surface area contributed by atoms with E-state index in [2.05, 4.69) is 5.32 Å². The Morgan fingerprint density at radius 3 is 2.92 bits per heavy atom. The summed E-state index contributed by atoms with van der Waals surface area (Å²) < 4.78 is 36.0. The predicted octanol–water partition coefficient (Wildman–Crippen LogP) is 0.383. The molecule has 5 atom stereocenters. The quantitative estimate of drug-likeness (QED) is 0.648. The molecule has 3 rings (SSSR count). The summed E-state index contributed by atoms with van der Waals surface area (Å²) in [7, 11) is 0. The van der Waals surface area contributed by atoms with Crippen LogP contribution in [0.25, 0.3) is 0 Å². The normalized spacial score (nSPS) is 36.5. The average molecular weight is 374 g/mol. The highest BCUT2D eigenvalue weighted by atomic mass is 19.1. The Balaban J connectivity index is 1.73. The minimum Gasteiger partial charge on any atom is -0.466 e. The highest BCUT2D eigenvalue weighted by molar-refractivity contribution is 5.77. The van der Waals surface area contributed by atoms with Crippen molar-refractivity contribution in [3.63, 3.8) is 0 Å². The van der Waals surface area contributed by atoms with Gasteiger partial charge in [0, 0.05) is 12.6 Å². The molecule has 0 saturated carbocycles. The zero-order valence-electron chi connectivity index (χ0n) is 14.6. The van der Waals surface area contributed by atoms with Gasteiger partial charge in [-0.1, -0.05) is 0 Å². The zero-order valence-corrected chi connectivity index (χ0v) is 14.6. The van der Waals surface area contributed by atoms with E-state index >= 15 is 0 Å². The summed E-state index contributed by atoms with van der Waals surface area (Å²) in [4.78, 5) is 24.7. The van der Waals surface area contributed by atoms with E-state index in [-0.39, 0.29) is 38.6 Å². The number of urea groups is 1. The summed E-state index contributed by atoms with van der Waals surface area (Å²) in [5.41, 5.74) is 0. The number of aliphatic hydroxyl groups is 1. The van der Waals surface area contributed by atoms with Crippen LogP contribution in [0.4, 0.5) is 9.18 Å². The van der Waals surface area contributed by atoms with Gasteiger partial charge < -0.3 is 29.4 Å². The van der Waals surface area contributed by atoms with Crippen molar-refractivity contribution < 1.29 is 38.0 Å². The number of hydrogen-bond donors (Lipinski definition) is 2. The van der Waals surface area contributed by atoms with Crippen LogP contribution in [-0.4, -0.2) is 72.1 Å². The molecule has 0 aliphatic carbocycles. The van der Waals surface area contributed by atoms with Crippen molar-refractivity contribution in [3.8, 4) is 0 Å². The van der Waals surface area contributed by atoms with E-state index in [1.165, 1.54) is 0 Å². The minimum atomic E-state index is -1.11. The molecule has 0 aromatic carbocycles. The molecule has 146 valence electrons. The van der Waals surface area contributed by atoms with Gasteiger partial charge in [0.25, 0.3) is 0 Å². The topological polar surface area (TPSA) is 107 Å². The summed E-state index contributed by atoms with van der Waals surface area (Å²) in [6.45, 7) is 3.14. The molecule has 0 spiro atoms. The van der Waals surface area contributed by atoms with Gasteiger partial charge in [0.2, 0.25) is 0 Å². The van der Waals surface area contributed by atoms with E-state index in [1.54, 1.807) is 13.8 Å². The lowest BCUT2D eigenvalue weighted by molar-refractivity contribution is -0.215. The van der Waals surface area contributed by atoms with Gasteiger partial charge in [-0.25, -0.2) is 9.18 Å². The lowest BCUT2D eigenvalue weighted by atomic mass is 10.1. The molecule has 2 fully saturated rings. The van der Waals surface area contributed by atoms with Crippen molar-refractivity contribution in [1.82, 2.24) is 10.2 Å². The molecule has 2 amide bonds. The summed E-state index contributed by atoms with van der Waals surface area (Å²) in [6, 6.07) is -0.530. The average Bonchev–Trinajstić information content (AvgIpc) is 3.10. The maximum absolute atomic E-state index is 13.6. The third kappa shape index (κ3) is 3.68. The molecule has 0 aromatic rings. The SMILES string of the molecule is CCOC(=O)CCC1(C)OC2C(O1)[C@@H](CO)O[C@H]2N1C=C(F)CNC1=O. The minimum absolute atomic E-state index is 0.0951. The van der Waals surface area contributed by atoms with Gasteiger partial charge in [-0.15, -0.1) is 0 Å². The van der Waals surface area contributed by atoms with Crippen LogP contribution in [0.2, 0.25) is 0 Å². The number of esters is 1. The van der Waals surface area contributed by atoms with Crippen LogP contribution in [0, 0.1) is 0 Å². The molecule has 0 aromatic heterocycles. The number of carbonyl (C=O) groups excluding carboxylic acids is 2. The summed E-state index contributed by atoms with van der Waals surface area (Å²) in [5, 5.41) is 12.0. The second kappa shape index (κ2) is 7.47. The largest absolute Gasteiger partial charge is 0.466 e. The monoisotopic (exact) mass is 374 g/mol. The number of amides is 2. The second-order valence-corrected chi connectivity index (χ2v) is 6.49. The fourth-order valence-corrected chi connectivity index (χ4v) is 3.33. The summed E-state index contributed by atoms with van der Waals surface area (Å²) >= 11 is 0. The molecular formula is C16H23FN2O7. The van der Waals surface area contributed by atoms with Crippen LogP contribution < -0.4 is 5.32 Å². The molecule has 2 N–H and O–H groups in total. The number of ether oxygens (including phenoxy) is 4. The van der Waals surface area contributed by atoms with Gasteiger partial charge in [0.15, 0.2) is 12.0 Å². The van der Waals surface area contributed by atoms with Crippen molar-refractivity contribution in [1.29, 1.82) is 0 Å². The Bertz CT molecular complexity index is 601. The number of halogens is 1. The Morgan fingerprint density at radius 2 is 2.23 bits per heavy atom. The van der Waals surface area contributed by atoms with Gasteiger partial charge in [-0.3, -0.25) is 9.69 Å². The number of carbonyl (C=O) groups is 2. The molecule has 3 aliphatic rings. The zero-order chi connectivity index (χ0) is 18.9.